The van der Waals surface area contributed by atoms with Gasteiger partial charge < -0.3 is 8.97 Å². The van der Waals surface area contributed by atoms with Crippen LogP contribution in [0.2, 0.25) is 0 Å². The van der Waals surface area contributed by atoms with Gasteiger partial charge in [0.15, 0.2) is 0 Å². The fraction of sp³-hybridized carbons (Fsp3) is 1.00. The summed E-state index contributed by atoms with van der Waals surface area (Å²) < 4.78 is 121. The number of nitrogens with zero attached hydrogens (tertiary/aromatic N) is 2. The molecule has 2 nitrogen and oxygen atoms in total. The third-order valence-electron chi connectivity index (χ3n) is 6.63. The van der Waals surface area contributed by atoms with Crippen LogP contribution in [0.15, 0.2) is 0 Å². The van der Waals surface area contributed by atoms with Gasteiger partial charge in [-0.25, -0.2) is 0 Å². The first kappa shape index (κ1) is 46.9. The molecule has 0 saturated carbocycles. The first-order valence-electron chi connectivity index (χ1n) is 14.2. The second-order valence-electron chi connectivity index (χ2n) is 10.2. The summed E-state index contributed by atoms with van der Waals surface area (Å²) in [7, 11) is -21.3. The van der Waals surface area contributed by atoms with Crippen molar-refractivity contribution >= 4 is 15.6 Å². The van der Waals surface area contributed by atoms with E-state index in [4.69, 9.17) is 0 Å². The SMILES string of the molecule is CCCC[N+](CCCC)(CCCC)CCCC.CC[N+](CC)(CC)CC.F[P-](F)(F)(F)(F)F.F[P-](F)(F)(F)(F)F. The fourth-order valence-electron chi connectivity index (χ4n) is 3.99. The van der Waals surface area contributed by atoms with Gasteiger partial charge in [-0.2, -0.15) is 0 Å². The van der Waals surface area contributed by atoms with Crippen molar-refractivity contribution in [3.05, 3.63) is 0 Å². The van der Waals surface area contributed by atoms with Crippen LogP contribution < -0.4 is 0 Å². The van der Waals surface area contributed by atoms with Crippen LogP contribution in [0.4, 0.5) is 50.4 Å². The number of unbranched alkanes of at least 4 members (excludes halogenated alkanes) is 4. The Morgan fingerprint density at radius 2 is 0.475 bits per heavy atom. The standard InChI is InChI=1S/C16H36N.C8H20N.2F6P/c1-5-9-13-17(14-10-6-2,15-11-7-3)16-12-8-4;1-5-9(6-2,7-3)8-4;2*1-7(2,3,4,5)6/h5-16H2,1-4H3;5-8H2,1-4H3;;/q2*+1;2*-1. The van der Waals surface area contributed by atoms with E-state index in [1.54, 1.807) is 0 Å². The Balaban J connectivity index is -0.000000237. The van der Waals surface area contributed by atoms with E-state index in [9.17, 15) is 50.4 Å². The third kappa shape index (κ3) is 50.7. The summed E-state index contributed by atoms with van der Waals surface area (Å²) in [5.74, 6) is 0. The molecule has 0 rings (SSSR count). The summed E-state index contributed by atoms with van der Waals surface area (Å²) in [6.45, 7) is 29.2. The Morgan fingerprint density at radius 1 is 0.325 bits per heavy atom. The summed E-state index contributed by atoms with van der Waals surface area (Å²) in [5.41, 5.74) is 0. The van der Waals surface area contributed by atoms with Crippen LogP contribution in [0.3, 0.4) is 0 Å². The maximum absolute atomic E-state index is 10.7. The van der Waals surface area contributed by atoms with Gasteiger partial charge in [-0.15, -0.1) is 0 Å². The average Bonchev–Trinajstić information content (AvgIpc) is 2.76. The normalized spacial score (nSPS) is 15.9. The minimum absolute atomic E-state index is 1.28. The quantitative estimate of drug-likeness (QED) is 0.0877. The molecule has 0 aliphatic carbocycles. The van der Waals surface area contributed by atoms with E-state index < -0.39 is 15.6 Å². The Kier molecular flexibility index (Phi) is 19.6. The molecule has 0 spiro atoms. The molecule has 0 aliphatic rings. The Labute approximate surface area is 234 Å². The summed E-state index contributed by atoms with van der Waals surface area (Å²) in [6.07, 6.45) is 11.1. The molecule has 40 heavy (non-hydrogen) atoms. The van der Waals surface area contributed by atoms with E-state index in [2.05, 4.69) is 55.4 Å². The van der Waals surface area contributed by atoms with Crippen LogP contribution in [0, 0.1) is 0 Å². The average molecular weight is 663 g/mol. The van der Waals surface area contributed by atoms with Crippen LogP contribution >= 0.6 is 15.6 Å². The molecular formula is C24H56F12N2P2. The number of halogens is 12. The van der Waals surface area contributed by atoms with Gasteiger partial charge in [0.25, 0.3) is 0 Å². The van der Waals surface area contributed by atoms with Crippen LogP contribution in [0.25, 0.3) is 0 Å². The van der Waals surface area contributed by atoms with Crippen molar-refractivity contribution < 1.29 is 59.3 Å². The van der Waals surface area contributed by atoms with Gasteiger partial charge in [0, 0.05) is 0 Å². The summed E-state index contributed by atoms with van der Waals surface area (Å²) in [4.78, 5) is 0. The fourth-order valence-corrected chi connectivity index (χ4v) is 3.99. The van der Waals surface area contributed by atoms with Crippen LogP contribution in [0.1, 0.15) is 107 Å². The van der Waals surface area contributed by atoms with E-state index >= 15 is 0 Å². The number of hydrogen-bond donors (Lipinski definition) is 0. The molecule has 0 radical (unpaired) electrons. The van der Waals surface area contributed by atoms with E-state index in [0.29, 0.717) is 0 Å². The number of rotatable bonds is 16. The Bertz CT molecular complexity index is 525. The molecule has 0 N–H and O–H groups in total. The molecule has 0 heterocycles. The van der Waals surface area contributed by atoms with Gasteiger partial charge in [0.2, 0.25) is 0 Å². The van der Waals surface area contributed by atoms with Crippen LogP contribution in [-0.4, -0.2) is 61.3 Å². The molecule has 0 bridgehead atoms. The van der Waals surface area contributed by atoms with Crippen molar-refractivity contribution in [1.29, 1.82) is 0 Å². The van der Waals surface area contributed by atoms with Gasteiger partial charge >= 0.3 is 66.0 Å². The summed E-state index contributed by atoms with van der Waals surface area (Å²) >= 11 is 0. The summed E-state index contributed by atoms with van der Waals surface area (Å²) in [5, 5.41) is 0. The Morgan fingerprint density at radius 3 is 0.550 bits per heavy atom. The maximum atomic E-state index is 9.87. The van der Waals surface area contributed by atoms with Crippen molar-refractivity contribution in [3.8, 4) is 0 Å². The zero-order valence-electron chi connectivity index (χ0n) is 25.6. The second-order valence-corrected chi connectivity index (χ2v) is 14.0. The van der Waals surface area contributed by atoms with Gasteiger partial charge in [-0.3, -0.25) is 0 Å². The van der Waals surface area contributed by atoms with E-state index in [0.717, 1.165) is 0 Å². The van der Waals surface area contributed by atoms with E-state index in [1.807, 2.05) is 0 Å². The van der Waals surface area contributed by atoms with Gasteiger partial charge in [0.05, 0.1) is 52.4 Å². The topological polar surface area (TPSA) is 0 Å². The molecule has 16 heteroatoms. The predicted octanol–water partition coefficient (Wildman–Crippen LogP) is 13.7. The van der Waals surface area contributed by atoms with Crippen molar-refractivity contribution in [1.82, 2.24) is 0 Å². The van der Waals surface area contributed by atoms with Crippen molar-refractivity contribution in [2.75, 3.05) is 52.4 Å². The van der Waals surface area contributed by atoms with Crippen molar-refractivity contribution in [2.45, 2.75) is 107 Å². The van der Waals surface area contributed by atoms with E-state index in [1.165, 1.54) is 113 Å². The monoisotopic (exact) mass is 662 g/mol. The zero-order valence-corrected chi connectivity index (χ0v) is 27.4. The molecule has 256 valence electrons. The molecule has 0 aliphatic heterocycles. The van der Waals surface area contributed by atoms with Crippen LogP contribution in [-0.2, 0) is 0 Å². The molecule has 0 aromatic heterocycles. The van der Waals surface area contributed by atoms with Gasteiger partial charge in [0.1, 0.15) is 0 Å². The number of hydrogen-bond acceptors (Lipinski definition) is 0. The molecular weight excluding hydrogens is 606 g/mol. The molecule has 0 saturated heterocycles. The molecule has 0 aromatic carbocycles. The predicted molar refractivity (Wildman–Crippen MR) is 149 cm³/mol. The first-order chi connectivity index (χ1) is 17.4. The molecule has 0 amide bonds. The molecule has 0 aromatic rings. The van der Waals surface area contributed by atoms with Gasteiger partial charge in [-0.1, -0.05) is 53.4 Å². The van der Waals surface area contributed by atoms with Gasteiger partial charge in [-0.05, 0) is 53.4 Å². The third-order valence-corrected chi connectivity index (χ3v) is 6.63. The van der Waals surface area contributed by atoms with Crippen LogP contribution in [0.5, 0.6) is 0 Å². The second kappa shape index (κ2) is 16.7. The first-order valence-corrected chi connectivity index (χ1v) is 18.3. The Hall–Kier alpha value is -0.0600. The molecule has 0 unspecified atom stereocenters. The minimum atomic E-state index is -10.7. The molecule has 0 fully saturated rings. The zero-order chi connectivity index (χ0) is 33.1. The molecule has 0 atom stereocenters. The van der Waals surface area contributed by atoms with Crippen molar-refractivity contribution in [3.63, 3.8) is 0 Å². The summed E-state index contributed by atoms with van der Waals surface area (Å²) in [6, 6.07) is 0. The number of quaternary nitrogens is 2. The van der Waals surface area contributed by atoms with Crippen molar-refractivity contribution in [2.24, 2.45) is 0 Å². The van der Waals surface area contributed by atoms with E-state index in [-0.39, 0.29) is 0 Å².